The van der Waals surface area contributed by atoms with E-state index in [0.29, 0.717) is 41.4 Å². The third kappa shape index (κ3) is 4.05. The number of aryl methyl sites for hydroxylation is 1. The number of fused-ring (bicyclic) bond motifs is 1. The van der Waals surface area contributed by atoms with E-state index in [9.17, 15) is 14.7 Å². The zero-order chi connectivity index (χ0) is 24.4. The number of quaternary nitrogens is 1. The van der Waals surface area contributed by atoms with Gasteiger partial charge in [-0.25, -0.2) is 4.98 Å². The quantitative estimate of drug-likeness (QED) is 0.304. The lowest BCUT2D eigenvalue weighted by Gasteiger charge is -2.28. The molecule has 0 saturated carbocycles. The van der Waals surface area contributed by atoms with E-state index in [2.05, 4.69) is 18.8 Å². The summed E-state index contributed by atoms with van der Waals surface area (Å²) in [4.78, 5) is 33.8. The van der Waals surface area contributed by atoms with Crippen LogP contribution in [0, 0.1) is 6.92 Å². The highest BCUT2D eigenvalue weighted by Crippen LogP contribution is 2.39. The lowest BCUT2D eigenvalue weighted by molar-refractivity contribution is -0.895. The molecule has 0 spiro atoms. The van der Waals surface area contributed by atoms with Gasteiger partial charge in [-0.2, -0.15) is 0 Å². The van der Waals surface area contributed by atoms with Gasteiger partial charge in [-0.3, -0.25) is 9.59 Å². The van der Waals surface area contributed by atoms with Crippen molar-refractivity contribution in [2.75, 3.05) is 33.3 Å². The molecule has 34 heavy (non-hydrogen) atoms. The fourth-order valence-corrected chi connectivity index (χ4v) is 4.63. The maximum Gasteiger partial charge on any atom is 0.295 e. The molecule has 0 bridgehead atoms. The number of rotatable bonds is 8. The smallest absolute Gasteiger partial charge is 0.295 e. The Kier molecular flexibility index (Phi) is 6.70. The molecular weight excluding hydrogens is 432 g/mol. The second-order valence-corrected chi connectivity index (χ2v) is 8.43. The Hall–Kier alpha value is -3.65. The van der Waals surface area contributed by atoms with Crippen molar-refractivity contribution in [2.45, 2.75) is 26.8 Å². The van der Waals surface area contributed by atoms with Crippen molar-refractivity contribution < 1.29 is 24.3 Å². The first-order chi connectivity index (χ1) is 16.4. The van der Waals surface area contributed by atoms with Crippen molar-refractivity contribution in [2.24, 2.45) is 0 Å². The van der Waals surface area contributed by atoms with Crippen LogP contribution < -0.4 is 14.7 Å². The van der Waals surface area contributed by atoms with Crippen LogP contribution in [0.1, 0.15) is 36.8 Å². The molecule has 1 fully saturated rings. The maximum absolute atomic E-state index is 13.9. The Morgan fingerprint density at radius 3 is 2.47 bits per heavy atom. The third-order valence-corrected chi connectivity index (χ3v) is 6.59. The van der Waals surface area contributed by atoms with E-state index in [0.717, 1.165) is 13.1 Å². The molecule has 1 aliphatic heterocycles. The summed E-state index contributed by atoms with van der Waals surface area (Å²) in [6, 6.07) is 11.8. The summed E-state index contributed by atoms with van der Waals surface area (Å²) < 4.78 is 6.95. The van der Waals surface area contributed by atoms with Gasteiger partial charge in [0.15, 0.2) is 0 Å². The average Bonchev–Trinajstić information content (AvgIpc) is 3.32. The Morgan fingerprint density at radius 1 is 1.12 bits per heavy atom. The van der Waals surface area contributed by atoms with Gasteiger partial charge in [0.1, 0.15) is 11.4 Å². The minimum absolute atomic E-state index is 0.0292. The van der Waals surface area contributed by atoms with Crippen molar-refractivity contribution >= 4 is 23.1 Å². The Morgan fingerprint density at radius 2 is 1.82 bits per heavy atom. The Labute approximate surface area is 199 Å². The normalized spacial score (nSPS) is 17.8. The average molecular weight is 463 g/mol. The number of amides is 1. The highest BCUT2D eigenvalue weighted by Gasteiger charge is 2.44. The molecule has 1 amide bonds. The highest BCUT2D eigenvalue weighted by molar-refractivity contribution is 6.46. The fraction of sp³-hybridized carbons (Fsp3) is 0.346. The van der Waals surface area contributed by atoms with Crippen molar-refractivity contribution in [3.63, 3.8) is 0 Å². The van der Waals surface area contributed by atoms with E-state index in [4.69, 9.17) is 4.74 Å². The molecule has 178 valence electrons. The largest absolute Gasteiger partial charge is 0.871 e. The predicted molar refractivity (Wildman–Crippen MR) is 126 cm³/mol. The number of Topliss-reactive ketones (excluding diaryl/α,β-unsaturated/α-hetero) is 1. The number of methoxy groups -OCH3 is 1. The fourth-order valence-electron chi connectivity index (χ4n) is 4.63. The van der Waals surface area contributed by atoms with Gasteiger partial charge in [-0.15, -0.1) is 0 Å². The van der Waals surface area contributed by atoms with Crippen LogP contribution in [0.5, 0.6) is 5.75 Å². The highest BCUT2D eigenvalue weighted by atomic mass is 16.5. The zero-order valence-corrected chi connectivity index (χ0v) is 20.0. The first kappa shape index (κ1) is 23.5. The molecule has 0 aliphatic carbocycles. The number of aromatic nitrogens is 2. The Bertz CT molecular complexity index is 1240. The number of nitrogens with zero attached hydrogens (tertiary/aromatic N) is 3. The number of imidazole rings is 1. The van der Waals surface area contributed by atoms with Gasteiger partial charge in [-0.1, -0.05) is 24.0 Å². The lowest BCUT2D eigenvalue weighted by Crippen LogP contribution is -3.12. The van der Waals surface area contributed by atoms with E-state index >= 15 is 0 Å². The van der Waals surface area contributed by atoms with Gasteiger partial charge in [0.25, 0.3) is 5.91 Å². The van der Waals surface area contributed by atoms with E-state index in [1.54, 1.807) is 65.9 Å². The molecule has 1 aliphatic rings. The monoisotopic (exact) mass is 462 g/mol. The number of likely N-dealkylation sites (N-methyl/N-ethyl adjacent to an activating group) is 1. The summed E-state index contributed by atoms with van der Waals surface area (Å²) in [5, 5.41) is 13.9. The molecule has 1 N–H and O–H groups in total. The third-order valence-electron chi connectivity index (χ3n) is 6.59. The molecule has 1 saturated heterocycles. The number of hydrogen-bond donors (Lipinski definition) is 1. The van der Waals surface area contributed by atoms with Gasteiger partial charge >= 0.3 is 0 Å². The number of pyridine rings is 1. The molecule has 4 rings (SSSR count). The molecule has 1 aromatic carbocycles. The van der Waals surface area contributed by atoms with Crippen LogP contribution in [0.15, 0.2) is 54.2 Å². The topological polar surface area (TPSA) is 91.4 Å². The first-order valence-electron chi connectivity index (χ1n) is 11.6. The van der Waals surface area contributed by atoms with Gasteiger partial charge in [0, 0.05) is 11.8 Å². The number of nitrogens with one attached hydrogen (secondary N) is 1. The summed E-state index contributed by atoms with van der Waals surface area (Å²) in [6.07, 6.45) is 1.74. The van der Waals surface area contributed by atoms with Gasteiger partial charge in [0.05, 0.1) is 50.7 Å². The first-order valence-corrected chi connectivity index (χ1v) is 11.6. The van der Waals surface area contributed by atoms with Crippen LogP contribution in [-0.4, -0.2) is 59.3 Å². The van der Waals surface area contributed by atoms with E-state index in [-0.39, 0.29) is 5.57 Å². The van der Waals surface area contributed by atoms with Crippen molar-refractivity contribution in [1.82, 2.24) is 14.3 Å². The SMILES string of the molecule is CC[NH+](CC)CCN1C(=O)C(=O)C(=C([O-])c2c(C)nc3ccccn23)C1c1ccc(OC)cc1. The minimum Gasteiger partial charge on any atom is -0.871 e. The standard InChI is InChI=1S/C26H30N4O4/c1-5-28(6-2)15-16-30-23(18-10-12-19(34-4)13-11-18)21(25(32)26(30)33)24(31)22-17(3)27-20-9-7-8-14-29(20)22/h7-14,23,31H,5-6,15-16H2,1-4H3. The number of hydrogen-bond acceptors (Lipinski definition) is 5. The second-order valence-electron chi connectivity index (χ2n) is 8.43. The second kappa shape index (κ2) is 9.69. The van der Waals surface area contributed by atoms with Gasteiger partial charge in [0.2, 0.25) is 5.78 Å². The van der Waals surface area contributed by atoms with E-state index in [1.807, 2.05) is 6.07 Å². The molecule has 2 aromatic heterocycles. The van der Waals surface area contributed by atoms with Crippen LogP contribution in [0.4, 0.5) is 0 Å². The van der Waals surface area contributed by atoms with Crippen molar-refractivity contribution in [1.29, 1.82) is 0 Å². The maximum atomic E-state index is 13.9. The molecule has 3 aromatic rings. The summed E-state index contributed by atoms with van der Waals surface area (Å²) in [5.41, 5.74) is 2.11. The summed E-state index contributed by atoms with van der Waals surface area (Å²) in [7, 11) is 1.57. The summed E-state index contributed by atoms with van der Waals surface area (Å²) >= 11 is 0. The van der Waals surface area contributed by atoms with Gasteiger partial charge < -0.3 is 24.0 Å². The van der Waals surface area contributed by atoms with Crippen LogP contribution in [-0.2, 0) is 9.59 Å². The van der Waals surface area contributed by atoms with Crippen LogP contribution in [0.25, 0.3) is 11.4 Å². The van der Waals surface area contributed by atoms with Crippen molar-refractivity contribution in [3.05, 3.63) is 71.2 Å². The number of benzene rings is 1. The molecule has 3 heterocycles. The lowest BCUT2D eigenvalue weighted by atomic mass is 9.96. The number of carbonyl (C=O) groups is 2. The van der Waals surface area contributed by atoms with Crippen LogP contribution in [0.3, 0.4) is 0 Å². The van der Waals surface area contributed by atoms with Crippen LogP contribution >= 0.6 is 0 Å². The molecular formula is C26H30N4O4. The number of likely N-dealkylation sites (tertiary alicyclic amines) is 1. The minimum atomic E-state index is -0.762. The summed E-state index contributed by atoms with van der Waals surface area (Å²) in [6.45, 7) is 8.81. The summed E-state index contributed by atoms with van der Waals surface area (Å²) in [5.74, 6) is -1.19. The zero-order valence-electron chi connectivity index (χ0n) is 20.0. The molecule has 8 heteroatoms. The molecule has 1 unspecified atom stereocenters. The Balaban J connectivity index is 1.87. The number of ether oxygens (including phenoxy) is 1. The van der Waals surface area contributed by atoms with Crippen molar-refractivity contribution in [3.8, 4) is 5.75 Å². The molecule has 8 nitrogen and oxygen atoms in total. The van der Waals surface area contributed by atoms with E-state index in [1.165, 1.54) is 4.90 Å². The van der Waals surface area contributed by atoms with E-state index < -0.39 is 23.5 Å². The predicted octanol–water partition coefficient (Wildman–Crippen LogP) is 0.800. The molecule has 1 atom stereocenters. The van der Waals surface area contributed by atoms with Gasteiger partial charge in [-0.05, 0) is 50.6 Å². The number of ketones is 1. The number of carbonyl (C=O) groups excluding carboxylic acids is 2. The van der Waals surface area contributed by atoms with Crippen LogP contribution in [0.2, 0.25) is 0 Å². The molecule has 0 radical (unpaired) electrons.